The van der Waals surface area contributed by atoms with Crippen LogP contribution in [0.1, 0.15) is 0 Å². The van der Waals surface area contributed by atoms with Crippen LogP contribution in [-0.4, -0.2) is 17.6 Å². The lowest BCUT2D eigenvalue weighted by Gasteiger charge is -2.02. The maximum absolute atomic E-state index is 10.5. The van der Waals surface area contributed by atoms with Gasteiger partial charge in [-0.25, -0.2) is 0 Å². The fourth-order valence-corrected chi connectivity index (χ4v) is 1.64. The molecule has 0 saturated heterocycles. The van der Waals surface area contributed by atoms with Crippen molar-refractivity contribution in [3.05, 3.63) is 66.4 Å². The molecule has 0 atom stereocenters. The van der Waals surface area contributed by atoms with E-state index in [9.17, 15) is 4.79 Å². The number of aliphatic hydroxyl groups excluding tert-OH is 1. The van der Waals surface area contributed by atoms with Crippen molar-refractivity contribution in [3.8, 4) is 11.1 Å². The van der Waals surface area contributed by atoms with Crippen LogP contribution in [0.15, 0.2) is 71.4 Å². The minimum atomic E-state index is 0.130. The summed E-state index contributed by atoms with van der Waals surface area (Å²) in [4.78, 5) is 14.7. The van der Waals surface area contributed by atoms with Crippen LogP contribution in [0.4, 0.5) is 5.69 Å². The van der Waals surface area contributed by atoms with Gasteiger partial charge in [0.15, 0.2) is 6.29 Å². The van der Waals surface area contributed by atoms with E-state index >= 15 is 0 Å². The van der Waals surface area contributed by atoms with E-state index in [1.165, 1.54) is 6.21 Å². The van der Waals surface area contributed by atoms with Crippen LogP contribution in [0.2, 0.25) is 0 Å². The largest absolute Gasteiger partial charge is 0.515 e. The third kappa shape index (κ3) is 3.39. The molecule has 0 heterocycles. The molecule has 3 heteroatoms. The van der Waals surface area contributed by atoms with Crippen molar-refractivity contribution in [2.75, 3.05) is 0 Å². The van der Waals surface area contributed by atoms with Gasteiger partial charge in [0.25, 0.3) is 0 Å². The Kier molecular flexibility index (Phi) is 4.24. The highest BCUT2D eigenvalue weighted by atomic mass is 16.2. The monoisotopic (exact) mass is 251 g/mol. The summed E-state index contributed by atoms with van der Waals surface area (Å²) in [5.74, 6) is 0. The number of allylic oxidation sites excluding steroid dienone is 1. The van der Waals surface area contributed by atoms with Crippen molar-refractivity contribution in [2.45, 2.75) is 0 Å². The Hall–Kier alpha value is -2.68. The predicted octanol–water partition coefficient (Wildman–Crippen LogP) is 3.70. The molecule has 2 aromatic carbocycles. The number of aldehydes is 1. The number of benzene rings is 2. The Labute approximate surface area is 111 Å². The van der Waals surface area contributed by atoms with E-state index in [0.29, 0.717) is 6.29 Å². The quantitative estimate of drug-likeness (QED) is 0.390. The number of hydrogen-bond acceptors (Lipinski definition) is 3. The molecule has 0 aromatic heterocycles. The van der Waals surface area contributed by atoms with Crippen LogP contribution >= 0.6 is 0 Å². The van der Waals surface area contributed by atoms with E-state index < -0.39 is 0 Å². The second-order valence-corrected chi connectivity index (χ2v) is 3.92. The van der Waals surface area contributed by atoms with Gasteiger partial charge in [-0.15, -0.1) is 0 Å². The molecule has 0 saturated carbocycles. The SMILES string of the molecule is O=C/C(C=Nc1cccc(-c2ccccc2)c1)=C\O. The molecule has 3 nitrogen and oxygen atoms in total. The van der Waals surface area contributed by atoms with Gasteiger partial charge in [0.05, 0.1) is 17.5 Å². The van der Waals surface area contributed by atoms with Gasteiger partial charge in [-0.05, 0) is 23.3 Å². The fourth-order valence-electron chi connectivity index (χ4n) is 1.64. The number of carbonyl (C=O) groups is 1. The smallest absolute Gasteiger partial charge is 0.154 e. The molecule has 19 heavy (non-hydrogen) atoms. The Morgan fingerprint density at radius 1 is 1.00 bits per heavy atom. The highest BCUT2D eigenvalue weighted by Crippen LogP contribution is 2.23. The number of aliphatic imine (C=N–C) groups is 1. The highest BCUT2D eigenvalue weighted by molar-refractivity contribution is 6.02. The van der Waals surface area contributed by atoms with Crippen molar-refractivity contribution in [1.82, 2.24) is 0 Å². The van der Waals surface area contributed by atoms with Gasteiger partial charge in [-0.2, -0.15) is 0 Å². The van der Waals surface area contributed by atoms with Crippen molar-refractivity contribution in [2.24, 2.45) is 4.99 Å². The Morgan fingerprint density at radius 2 is 1.74 bits per heavy atom. The molecule has 0 bridgehead atoms. The Morgan fingerprint density at radius 3 is 2.42 bits per heavy atom. The van der Waals surface area contributed by atoms with E-state index in [2.05, 4.69) is 4.99 Å². The summed E-state index contributed by atoms with van der Waals surface area (Å²) in [6.45, 7) is 0. The molecule has 94 valence electrons. The molecule has 0 amide bonds. The molecule has 1 N–H and O–H groups in total. The summed E-state index contributed by atoms with van der Waals surface area (Å²) in [5.41, 5.74) is 3.01. The normalized spacial score (nSPS) is 11.7. The molecule has 2 rings (SSSR count). The highest BCUT2D eigenvalue weighted by Gasteiger charge is 1.97. The zero-order chi connectivity index (χ0) is 13.5. The Balaban J connectivity index is 2.28. The number of aliphatic hydroxyl groups is 1. The maximum Gasteiger partial charge on any atom is 0.154 e. The van der Waals surface area contributed by atoms with Gasteiger partial charge in [-0.1, -0.05) is 42.5 Å². The average molecular weight is 251 g/mol. The lowest BCUT2D eigenvalue weighted by molar-refractivity contribution is -0.104. The number of rotatable bonds is 4. The van der Waals surface area contributed by atoms with E-state index in [-0.39, 0.29) is 5.57 Å². The average Bonchev–Trinajstić information content (AvgIpc) is 2.49. The molecule has 0 aliphatic heterocycles. The van der Waals surface area contributed by atoms with Gasteiger partial charge in [0.1, 0.15) is 0 Å². The van der Waals surface area contributed by atoms with Gasteiger partial charge < -0.3 is 5.11 Å². The van der Waals surface area contributed by atoms with Gasteiger partial charge in [0, 0.05) is 6.21 Å². The van der Waals surface area contributed by atoms with Crippen molar-refractivity contribution >= 4 is 18.2 Å². The summed E-state index contributed by atoms with van der Waals surface area (Å²) < 4.78 is 0. The second kappa shape index (κ2) is 6.31. The number of carbonyl (C=O) groups excluding carboxylic acids is 1. The third-order valence-electron chi connectivity index (χ3n) is 2.60. The lowest BCUT2D eigenvalue weighted by Crippen LogP contribution is -1.85. The summed E-state index contributed by atoms with van der Waals surface area (Å²) in [6, 6.07) is 17.6. The second-order valence-electron chi connectivity index (χ2n) is 3.92. The minimum absolute atomic E-state index is 0.130. The summed E-state index contributed by atoms with van der Waals surface area (Å²) in [5, 5.41) is 8.75. The first-order chi connectivity index (χ1) is 9.33. The first-order valence-corrected chi connectivity index (χ1v) is 5.82. The molecular formula is C16H13NO2. The number of nitrogens with zero attached hydrogens (tertiary/aromatic N) is 1. The minimum Gasteiger partial charge on any atom is -0.515 e. The third-order valence-corrected chi connectivity index (χ3v) is 2.60. The van der Waals surface area contributed by atoms with Crippen LogP contribution in [-0.2, 0) is 4.79 Å². The van der Waals surface area contributed by atoms with E-state index in [0.717, 1.165) is 23.1 Å². The molecule has 0 unspecified atom stereocenters. The Bertz CT molecular complexity index is 616. The molecule has 2 aromatic rings. The first kappa shape index (κ1) is 12.8. The van der Waals surface area contributed by atoms with Crippen LogP contribution in [0.3, 0.4) is 0 Å². The van der Waals surface area contributed by atoms with Crippen LogP contribution in [0.5, 0.6) is 0 Å². The van der Waals surface area contributed by atoms with Crippen LogP contribution in [0.25, 0.3) is 11.1 Å². The summed E-state index contributed by atoms with van der Waals surface area (Å²) in [6.07, 6.45) is 2.61. The zero-order valence-corrected chi connectivity index (χ0v) is 10.2. The zero-order valence-electron chi connectivity index (χ0n) is 10.2. The van der Waals surface area contributed by atoms with Crippen LogP contribution < -0.4 is 0 Å². The molecular weight excluding hydrogens is 238 g/mol. The fraction of sp³-hybridized carbons (Fsp3) is 0. The van der Waals surface area contributed by atoms with Crippen molar-refractivity contribution in [1.29, 1.82) is 0 Å². The molecule has 0 radical (unpaired) electrons. The maximum atomic E-state index is 10.5. The van der Waals surface area contributed by atoms with Crippen molar-refractivity contribution < 1.29 is 9.90 Å². The van der Waals surface area contributed by atoms with Crippen molar-refractivity contribution in [3.63, 3.8) is 0 Å². The van der Waals surface area contributed by atoms with Gasteiger partial charge in [-0.3, -0.25) is 9.79 Å². The van der Waals surface area contributed by atoms with E-state index in [1.807, 2.05) is 54.6 Å². The topological polar surface area (TPSA) is 49.7 Å². The van der Waals surface area contributed by atoms with E-state index in [1.54, 1.807) is 0 Å². The molecule has 0 aliphatic carbocycles. The van der Waals surface area contributed by atoms with Gasteiger partial charge in [0.2, 0.25) is 0 Å². The molecule has 0 aliphatic rings. The number of hydrogen-bond donors (Lipinski definition) is 1. The van der Waals surface area contributed by atoms with Gasteiger partial charge >= 0.3 is 0 Å². The molecule has 0 fully saturated rings. The lowest BCUT2D eigenvalue weighted by atomic mass is 10.1. The first-order valence-electron chi connectivity index (χ1n) is 5.82. The summed E-state index contributed by atoms with van der Waals surface area (Å²) >= 11 is 0. The standard InChI is InChI=1S/C16H13NO2/c18-11-13(12-19)10-17-16-8-4-7-15(9-16)14-5-2-1-3-6-14/h1-12,18H/b13-11-,17-10?. The van der Waals surface area contributed by atoms with Crippen LogP contribution in [0, 0.1) is 0 Å². The summed E-state index contributed by atoms with van der Waals surface area (Å²) in [7, 11) is 0. The predicted molar refractivity (Wildman–Crippen MR) is 76.8 cm³/mol. The molecule has 0 spiro atoms. The van der Waals surface area contributed by atoms with E-state index in [4.69, 9.17) is 5.11 Å².